The summed E-state index contributed by atoms with van der Waals surface area (Å²) < 4.78 is 1.67. The maximum atomic E-state index is 13.1. The van der Waals surface area contributed by atoms with E-state index < -0.39 is 0 Å². The fraction of sp³-hybridized carbons (Fsp3) is 0.318. The number of thiophene rings is 1. The first kappa shape index (κ1) is 20.9. The number of benzene rings is 1. The first-order valence-electron chi connectivity index (χ1n) is 10.3. The fourth-order valence-electron chi connectivity index (χ4n) is 3.75. The second-order valence-electron chi connectivity index (χ2n) is 7.27. The molecule has 1 aliphatic carbocycles. The Balaban J connectivity index is 1.63. The Morgan fingerprint density at radius 1 is 1.26 bits per heavy atom. The number of carbonyl (C=O) groups excluding carboxylic acids is 2. The van der Waals surface area contributed by atoms with Crippen LogP contribution >= 0.6 is 11.3 Å². The Morgan fingerprint density at radius 2 is 2.10 bits per heavy atom. The van der Waals surface area contributed by atoms with Crippen LogP contribution in [0.5, 0.6) is 0 Å². The first-order valence-corrected chi connectivity index (χ1v) is 11.2. The lowest BCUT2D eigenvalue weighted by Crippen LogP contribution is -2.26. The predicted molar refractivity (Wildman–Crippen MR) is 120 cm³/mol. The molecule has 1 aliphatic rings. The van der Waals surface area contributed by atoms with Gasteiger partial charge in [0.1, 0.15) is 5.00 Å². The zero-order valence-corrected chi connectivity index (χ0v) is 18.2. The summed E-state index contributed by atoms with van der Waals surface area (Å²) >= 11 is 1.50. The molecular weight excluding hydrogens is 412 g/mol. The molecule has 0 aliphatic heterocycles. The third kappa shape index (κ3) is 4.27. The first-order chi connectivity index (χ1) is 15.1. The lowest BCUT2D eigenvalue weighted by molar-refractivity contribution is 0.0958. The number of nitrogens with one attached hydrogen (secondary N) is 2. The highest BCUT2D eigenvalue weighted by atomic mass is 32.1. The van der Waals surface area contributed by atoms with Crippen LogP contribution in [0.4, 0.5) is 5.00 Å². The van der Waals surface area contributed by atoms with E-state index >= 15 is 0 Å². The number of nitrogens with zero attached hydrogens (tertiary/aromatic N) is 4. The van der Waals surface area contributed by atoms with Gasteiger partial charge in [-0.2, -0.15) is 0 Å². The Morgan fingerprint density at radius 3 is 2.90 bits per heavy atom. The summed E-state index contributed by atoms with van der Waals surface area (Å²) in [5, 5.41) is 18.2. The van der Waals surface area contributed by atoms with E-state index in [-0.39, 0.29) is 11.8 Å². The maximum Gasteiger partial charge on any atom is 0.256 e. The molecule has 0 radical (unpaired) electrons. The Bertz CT molecular complexity index is 1130. The van der Waals surface area contributed by atoms with Gasteiger partial charge in [0.25, 0.3) is 11.8 Å². The minimum atomic E-state index is -0.270. The summed E-state index contributed by atoms with van der Waals surface area (Å²) in [6, 6.07) is 7.17. The van der Waals surface area contributed by atoms with E-state index in [0.29, 0.717) is 35.0 Å². The van der Waals surface area contributed by atoms with Gasteiger partial charge in [0, 0.05) is 29.1 Å². The average molecular weight is 437 g/mol. The smallest absolute Gasteiger partial charge is 0.256 e. The summed E-state index contributed by atoms with van der Waals surface area (Å²) in [4.78, 5) is 27.1. The molecule has 2 amide bonds. The van der Waals surface area contributed by atoms with Crippen LogP contribution in [-0.2, 0) is 19.4 Å². The number of anilines is 1. The Labute approximate surface area is 184 Å². The fourth-order valence-corrected chi connectivity index (χ4v) is 5.03. The molecule has 4 rings (SSSR count). The summed E-state index contributed by atoms with van der Waals surface area (Å²) in [5.74, 6) is 0.160. The quantitative estimate of drug-likeness (QED) is 0.552. The maximum absolute atomic E-state index is 13.1. The minimum absolute atomic E-state index is 0.175. The van der Waals surface area contributed by atoms with Crippen molar-refractivity contribution in [1.29, 1.82) is 0 Å². The van der Waals surface area contributed by atoms with Crippen molar-refractivity contribution in [2.24, 2.45) is 0 Å². The molecule has 0 unspecified atom stereocenters. The van der Waals surface area contributed by atoms with Gasteiger partial charge in [0.2, 0.25) is 0 Å². The largest absolute Gasteiger partial charge is 0.348 e. The van der Waals surface area contributed by atoms with Crippen molar-refractivity contribution in [2.75, 3.05) is 11.9 Å². The summed E-state index contributed by atoms with van der Waals surface area (Å²) in [6.45, 7) is 6.62. The molecule has 1 aromatic carbocycles. The average Bonchev–Trinajstić information content (AvgIpc) is 3.41. The van der Waals surface area contributed by atoms with Crippen LogP contribution < -0.4 is 10.6 Å². The molecule has 0 fully saturated rings. The Kier molecular flexibility index (Phi) is 6.22. The number of hydrogen-bond donors (Lipinski definition) is 2. The topological polar surface area (TPSA) is 102 Å². The second kappa shape index (κ2) is 9.22. The van der Waals surface area contributed by atoms with Gasteiger partial charge in [0.05, 0.1) is 5.56 Å². The van der Waals surface area contributed by atoms with Crippen LogP contribution in [0.3, 0.4) is 0 Å². The zero-order chi connectivity index (χ0) is 21.8. The van der Waals surface area contributed by atoms with Crippen LogP contribution in [0.2, 0.25) is 0 Å². The summed E-state index contributed by atoms with van der Waals surface area (Å²) in [7, 11) is 0. The van der Waals surface area contributed by atoms with Crippen LogP contribution in [0.25, 0.3) is 11.4 Å². The number of carbonyl (C=O) groups is 2. The number of tetrazole rings is 1. The monoisotopic (exact) mass is 436 g/mol. The lowest BCUT2D eigenvalue weighted by atomic mass is 9.95. The van der Waals surface area contributed by atoms with Crippen LogP contribution in [-0.4, -0.2) is 38.6 Å². The van der Waals surface area contributed by atoms with Crippen molar-refractivity contribution in [3.8, 4) is 11.4 Å². The molecule has 0 saturated heterocycles. The van der Waals surface area contributed by atoms with Gasteiger partial charge in [-0.25, -0.2) is 4.68 Å². The molecule has 8 nitrogen and oxygen atoms in total. The van der Waals surface area contributed by atoms with E-state index in [9.17, 15) is 9.59 Å². The predicted octanol–water partition coefficient (Wildman–Crippen LogP) is 3.47. The molecule has 0 spiro atoms. The second-order valence-corrected chi connectivity index (χ2v) is 8.37. The van der Waals surface area contributed by atoms with Crippen LogP contribution in [0, 0.1) is 0 Å². The summed E-state index contributed by atoms with van der Waals surface area (Å²) in [6.07, 6.45) is 5.58. The van der Waals surface area contributed by atoms with E-state index in [2.05, 4.69) is 32.7 Å². The number of hydrogen-bond acceptors (Lipinski definition) is 6. The number of fused-ring (bicyclic) bond motifs is 1. The van der Waals surface area contributed by atoms with Crippen molar-refractivity contribution in [2.45, 2.75) is 39.2 Å². The molecule has 31 heavy (non-hydrogen) atoms. The molecule has 2 N–H and O–H groups in total. The van der Waals surface area contributed by atoms with E-state index in [1.165, 1.54) is 16.2 Å². The number of rotatable bonds is 7. The number of amides is 2. The summed E-state index contributed by atoms with van der Waals surface area (Å²) in [5.41, 5.74) is 2.88. The van der Waals surface area contributed by atoms with E-state index in [0.717, 1.165) is 36.8 Å². The van der Waals surface area contributed by atoms with Gasteiger partial charge < -0.3 is 10.6 Å². The van der Waals surface area contributed by atoms with Gasteiger partial charge >= 0.3 is 0 Å². The molecular formula is C22H24N6O2S. The molecule has 2 aromatic heterocycles. The van der Waals surface area contributed by atoms with Crippen molar-refractivity contribution in [3.05, 3.63) is 58.5 Å². The zero-order valence-electron chi connectivity index (χ0n) is 17.4. The van der Waals surface area contributed by atoms with Crippen molar-refractivity contribution in [1.82, 2.24) is 25.5 Å². The standard InChI is InChI=1S/C22H24N6O2S/c1-3-12-23-21(30)18-16-10-5-6-11-17(16)31-22(18)24-20(29)15-9-7-8-14(13-15)19-25-26-27-28(19)4-2/h3,7-9,13H,1,4-6,10-12H2,2H3,(H,23,30)(H,24,29). The molecule has 0 atom stereocenters. The number of aromatic nitrogens is 4. The minimum Gasteiger partial charge on any atom is -0.348 e. The normalized spacial score (nSPS) is 12.8. The highest BCUT2D eigenvalue weighted by Gasteiger charge is 2.26. The Hall–Kier alpha value is -3.33. The van der Waals surface area contributed by atoms with E-state index in [1.807, 2.05) is 13.0 Å². The molecule has 160 valence electrons. The van der Waals surface area contributed by atoms with Crippen molar-refractivity contribution < 1.29 is 9.59 Å². The van der Waals surface area contributed by atoms with Gasteiger partial charge in [0.15, 0.2) is 5.82 Å². The third-order valence-corrected chi connectivity index (χ3v) is 6.45. The van der Waals surface area contributed by atoms with Crippen LogP contribution in [0.1, 0.15) is 50.9 Å². The highest BCUT2D eigenvalue weighted by Crippen LogP contribution is 2.38. The molecule has 0 bridgehead atoms. The van der Waals surface area contributed by atoms with Gasteiger partial charge in [-0.15, -0.1) is 23.0 Å². The molecule has 9 heteroatoms. The van der Waals surface area contributed by atoms with Gasteiger partial charge in [-0.1, -0.05) is 18.2 Å². The van der Waals surface area contributed by atoms with Gasteiger partial charge in [-0.3, -0.25) is 9.59 Å². The lowest BCUT2D eigenvalue weighted by Gasteiger charge is -2.13. The number of aryl methyl sites for hydroxylation is 2. The molecule has 3 aromatic rings. The van der Waals surface area contributed by atoms with Crippen molar-refractivity contribution >= 4 is 28.2 Å². The van der Waals surface area contributed by atoms with Crippen LogP contribution in [0.15, 0.2) is 36.9 Å². The molecule has 0 saturated carbocycles. The highest BCUT2D eigenvalue weighted by molar-refractivity contribution is 7.17. The van der Waals surface area contributed by atoms with Crippen molar-refractivity contribution in [3.63, 3.8) is 0 Å². The van der Waals surface area contributed by atoms with Gasteiger partial charge in [-0.05, 0) is 60.7 Å². The molecule has 2 heterocycles. The third-order valence-electron chi connectivity index (χ3n) is 5.25. The SMILES string of the molecule is C=CCNC(=O)c1c(NC(=O)c2cccc(-c3nnnn3CC)c2)sc2c1CCCC2. The van der Waals surface area contributed by atoms with E-state index in [4.69, 9.17) is 0 Å². The van der Waals surface area contributed by atoms with E-state index in [1.54, 1.807) is 29.0 Å².